The van der Waals surface area contributed by atoms with Crippen molar-refractivity contribution in [3.63, 3.8) is 0 Å². The highest BCUT2D eigenvalue weighted by molar-refractivity contribution is 7.15. The van der Waals surface area contributed by atoms with Crippen molar-refractivity contribution >= 4 is 16.3 Å². The van der Waals surface area contributed by atoms with E-state index in [1.54, 1.807) is 37.0 Å². The maximum Gasteiger partial charge on any atom is 0.194 e. The molecule has 0 aliphatic heterocycles. The fraction of sp³-hybridized carbons (Fsp3) is 0.0455. The van der Waals surface area contributed by atoms with Crippen molar-refractivity contribution in [2.75, 3.05) is 7.11 Å². The molecule has 1 aromatic carbocycles. The summed E-state index contributed by atoms with van der Waals surface area (Å²) in [5.74, 6) is 0.772. The lowest BCUT2D eigenvalue weighted by atomic mass is 10.0. The summed E-state index contributed by atoms with van der Waals surface area (Å²) in [6, 6.07) is 16.0. The fourth-order valence-electron chi connectivity index (χ4n) is 3.34. The van der Waals surface area contributed by atoms with E-state index in [1.807, 2.05) is 54.0 Å². The molecule has 0 aliphatic carbocycles. The molecule has 4 heterocycles. The van der Waals surface area contributed by atoms with Crippen LogP contribution in [0.15, 0.2) is 78.7 Å². The van der Waals surface area contributed by atoms with Gasteiger partial charge < -0.3 is 4.74 Å². The highest BCUT2D eigenvalue weighted by Crippen LogP contribution is 2.38. The average Bonchev–Trinajstić information content (AvgIpc) is 3.36. The standard InChI is InChI=1S/C22H16N4OS/c1-27-19-14-16(5-6-17(19)18-4-2-3-9-24-18)20-21(15-7-10-23-11-8-15)26-12-13-28-22(26)25-20/h2-14H,1H3. The van der Waals surface area contributed by atoms with Crippen molar-refractivity contribution < 1.29 is 4.74 Å². The molecule has 0 bridgehead atoms. The van der Waals surface area contributed by atoms with Gasteiger partial charge in [0.05, 0.1) is 24.2 Å². The Morgan fingerprint density at radius 2 is 1.86 bits per heavy atom. The van der Waals surface area contributed by atoms with Gasteiger partial charge >= 0.3 is 0 Å². The normalized spacial score (nSPS) is 11.0. The summed E-state index contributed by atoms with van der Waals surface area (Å²) < 4.78 is 7.80. The van der Waals surface area contributed by atoms with Crippen LogP contribution in [-0.4, -0.2) is 26.5 Å². The molecule has 0 saturated heterocycles. The quantitative estimate of drug-likeness (QED) is 0.428. The minimum atomic E-state index is 0.772. The van der Waals surface area contributed by atoms with Crippen molar-refractivity contribution in [3.05, 3.63) is 78.7 Å². The Kier molecular flexibility index (Phi) is 4.10. The van der Waals surface area contributed by atoms with Gasteiger partial charge in [0.1, 0.15) is 5.75 Å². The molecule has 0 N–H and O–H groups in total. The van der Waals surface area contributed by atoms with Crippen LogP contribution in [0.25, 0.3) is 38.7 Å². The predicted molar refractivity (Wildman–Crippen MR) is 112 cm³/mol. The summed E-state index contributed by atoms with van der Waals surface area (Å²) >= 11 is 1.62. The van der Waals surface area contributed by atoms with Gasteiger partial charge in [-0.1, -0.05) is 12.1 Å². The highest BCUT2D eigenvalue weighted by Gasteiger charge is 2.18. The van der Waals surface area contributed by atoms with E-state index in [9.17, 15) is 0 Å². The van der Waals surface area contributed by atoms with Crippen LogP contribution in [0.5, 0.6) is 5.75 Å². The van der Waals surface area contributed by atoms with E-state index in [4.69, 9.17) is 9.72 Å². The Hall–Kier alpha value is -3.51. The van der Waals surface area contributed by atoms with E-state index in [0.29, 0.717) is 0 Å². The van der Waals surface area contributed by atoms with Gasteiger partial charge in [-0.3, -0.25) is 14.4 Å². The van der Waals surface area contributed by atoms with E-state index in [0.717, 1.165) is 44.5 Å². The first kappa shape index (κ1) is 16.6. The molecule has 0 spiro atoms. The number of pyridine rings is 2. The summed E-state index contributed by atoms with van der Waals surface area (Å²) in [6.45, 7) is 0. The van der Waals surface area contributed by atoms with Crippen molar-refractivity contribution in [2.24, 2.45) is 0 Å². The van der Waals surface area contributed by atoms with Gasteiger partial charge in [-0.15, -0.1) is 11.3 Å². The number of methoxy groups -OCH3 is 1. The zero-order valence-corrected chi connectivity index (χ0v) is 15.9. The smallest absolute Gasteiger partial charge is 0.194 e. The first-order valence-electron chi connectivity index (χ1n) is 8.81. The number of nitrogens with zero attached hydrogens (tertiary/aromatic N) is 4. The number of thiazole rings is 1. The van der Waals surface area contributed by atoms with E-state index in [1.165, 1.54) is 0 Å². The number of fused-ring (bicyclic) bond motifs is 1. The van der Waals surface area contributed by atoms with E-state index in [-0.39, 0.29) is 0 Å². The molecule has 5 aromatic rings. The fourth-order valence-corrected chi connectivity index (χ4v) is 4.06. The summed E-state index contributed by atoms with van der Waals surface area (Å²) in [4.78, 5) is 14.4. The molecule has 0 unspecified atom stereocenters. The number of hydrogen-bond donors (Lipinski definition) is 0. The molecule has 0 atom stereocenters. The Labute approximate surface area is 165 Å². The summed E-state index contributed by atoms with van der Waals surface area (Å²) in [5, 5.41) is 2.04. The maximum absolute atomic E-state index is 5.68. The molecule has 0 fully saturated rings. The second kappa shape index (κ2) is 6.90. The van der Waals surface area contributed by atoms with Crippen LogP contribution in [0.2, 0.25) is 0 Å². The molecular weight excluding hydrogens is 368 g/mol. The topological polar surface area (TPSA) is 52.3 Å². The van der Waals surface area contributed by atoms with Gasteiger partial charge in [-0.25, -0.2) is 4.98 Å². The Morgan fingerprint density at radius 3 is 2.64 bits per heavy atom. The van der Waals surface area contributed by atoms with Crippen molar-refractivity contribution in [2.45, 2.75) is 0 Å². The van der Waals surface area contributed by atoms with Gasteiger partial charge in [-0.2, -0.15) is 0 Å². The average molecular weight is 384 g/mol. The lowest BCUT2D eigenvalue weighted by molar-refractivity contribution is 0.416. The van der Waals surface area contributed by atoms with Crippen LogP contribution in [0.1, 0.15) is 0 Å². The molecule has 0 radical (unpaired) electrons. The summed E-state index contributed by atoms with van der Waals surface area (Å²) in [5.41, 5.74) is 5.88. The highest BCUT2D eigenvalue weighted by atomic mass is 32.1. The number of aromatic nitrogens is 4. The SMILES string of the molecule is COc1cc(-c2nc3sccn3c2-c2ccncc2)ccc1-c1ccccn1. The third-order valence-corrected chi connectivity index (χ3v) is 5.39. The minimum Gasteiger partial charge on any atom is -0.496 e. The van der Waals surface area contributed by atoms with Crippen LogP contribution < -0.4 is 4.74 Å². The zero-order valence-electron chi connectivity index (χ0n) is 15.1. The first-order chi connectivity index (χ1) is 13.8. The van der Waals surface area contributed by atoms with E-state index >= 15 is 0 Å². The molecule has 5 rings (SSSR count). The monoisotopic (exact) mass is 384 g/mol. The third kappa shape index (κ3) is 2.75. The molecule has 0 aliphatic rings. The lowest BCUT2D eigenvalue weighted by Crippen LogP contribution is -1.92. The molecule has 5 nitrogen and oxygen atoms in total. The third-order valence-electron chi connectivity index (χ3n) is 4.63. The molecular formula is C22H16N4OS. The Balaban J connectivity index is 1.70. The van der Waals surface area contributed by atoms with Crippen LogP contribution in [0.4, 0.5) is 0 Å². The van der Waals surface area contributed by atoms with Crippen molar-refractivity contribution in [1.82, 2.24) is 19.4 Å². The van der Waals surface area contributed by atoms with Crippen LogP contribution >= 0.6 is 11.3 Å². The maximum atomic E-state index is 5.68. The number of benzene rings is 1. The van der Waals surface area contributed by atoms with Gasteiger partial charge in [0.15, 0.2) is 4.96 Å². The lowest BCUT2D eigenvalue weighted by Gasteiger charge is -2.11. The zero-order chi connectivity index (χ0) is 18.9. The molecule has 0 saturated carbocycles. The molecule has 28 heavy (non-hydrogen) atoms. The van der Waals surface area contributed by atoms with Gasteiger partial charge in [0.2, 0.25) is 0 Å². The molecule has 4 aromatic heterocycles. The second-order valence-corrected chi connectivity index (χ2v) is 7.10. The predicted octanol–water partition coefficient (Wildman–Crippen LogP) is 5.20. The number of hydrogen-bond acceptors (Lipinski definition) is 5. The van der Waals surface area contributed by atoms with E-state index in [2.05, 4.69) is 20.4 Å². The Bertz CT molecular complexity index is 1250. The first-order valence-corrected chi connectivity index (χ1v) is 9.69. The second-order valence-electron chi connectivity index (χ2n) is 6.23. The minimum absolute atomic E-state index is 0.772. The van der Waals surface area contributed by atoms with Crippen molar-refractivity contribution in [3.8, 4) is 39.5 Å². The van der Waals surface area contributed by atoms with E-state index < -0.39 is 0 Å². The van der Waals surface area contributed by atoms with Crippen LogP contribution in [0.3, 0.4) is 0 Å². The van der Waals surface area contributed by atoms with Gasteiger partial charge in [0.25, 0.3) is 0 Å². The van der Waals surface area contributed by atoms with Crippen LogP contribution in [-0.2, 0) is 0 Å². The van der Waals surface area contributed by atoms with Gasteiger partial charge in [-0.05, 0) is 36.4 Å². The molecule has 6 heteroatoms. The largest absolute Gasteiger partial charge is 0.496 e. The number of rotatable bonds is 4. The summed E-state index contributed by atoms with van der Waals surface area (Å²) in [7, 11) is 1.68. The number of imidazole rings is 1. The molecule has 136 valence electrons. The van der Waals surface area contributed by atoms with Crippen molar-refractivity contribution in [1.29, 1.82) is 0 Å². The van der Waals surface area contributed by atoms with Crippen LogP contribution in [0, 0.1) is 0 Å². The number of ether oxygens (including phenoxy) is 1. The summed E-state index contributed by atoms with van der Waals surface area (Å²) in [6.07, 6.45) is 7.44. The van der Waals surface area contributed by atoms with Gasteiger partial charge in [0, 0.05) is 46.9 Å². The molecule has 0 amide bonds. The Morgan fingerprint density at radius 1 is 0.964 bits per heavy atom.